The number of carbonyl (C=O) groups excluding carboxylic acids is 2. The van der Waals surface area contributed by atoms with Gasteiger partial charge in [0.25, 0.3) is 0 Å². The minimum atomic E-state index is -1.23. The van der Waals surface area contributed by atoms with E-state index < -0.39 is 11.6 Å². The van der Waals surface area contributed by atoms with Crippen molar-refractivity contribution in [2.45, 2.75) is 31.2 Å². The van der Waals surface area contributed by atoms with Crippen molar-refractivity contribution < 1.29 is 14.3 Å². The quantitative estimate of drug-likeness (QED) is 0.202. The Bertz CT molecular complexity index is 1650. The molecule has 4 aromatic carbocycles. The average Bonchev–Trinajstić information content (AvgIpc) is 3.55. The van der Waals surface area contributed by atoms with Gasteiger partial charge >= 0.3 is 6.09 Å². The number of benzene rings is 4. The zero-order valence-electron chi connectivity index (χ0n) is 23.0. The van der Waals surface area contributed by atoms with E-state index >= 15 is 0 Å². The molecule has 6 nitrogen and oxygen atoms in total. The normalized spacial score (nSPS) is 13.7. The molecular formula is C35H33N3O3. The fraction of sp³-hybridized carbons (Fsp3) is 0.200. The van der Waals surface area contributed by atoms with Crippen LogP contribution in [-0.2, 0) is 22.4 Å². The second kappa shape index (κ2) is 11.3. The fourth-order valence-corrected chi connectivity index (χ4v) is 5.86. The van der Waals surface area contributed by atoms with Crippen LogP contribution in [0.5, 0.6) is 0 Å². The van der Waals surface area contributed by atoms with Crippen LogP contribution in [0.2, 0.25) is 0 Å². The van der Waals surface area contributed by atoms with Crippen LogP contribution in [0.4, 0.5) is 4.79 Å². The molecule has 1 aliphatic rings. The summed E-state index contributed by atoms with van der Waals surface area (Å²) in [6.45, 7) is 2.39. The fourth-order valence-electron chi connectivity index (χ4n) is 5.86. The number of fused-ring (bicyclic) bond motifs is 4. The van der Waals surface area contributed by atoms with Crippen LogP contribution in [0.15, 0.2) is 109 Å². The SMILES string of the molecule is CC(Cc1c[nH]c2ccccc12)(NC(=O)OCC1c2ccccc2-c2ccccc21)C(=O)NCCc1ccccc1. The molecule has 0 fully saturated rings. The number of H-pyrrole nitrogens is 1. The number of aromatic amines is 1. The Labute approximate surface area is 239 Å². The van der Waals surface area contributed by atoms with Gasteiger partial charge in [-0.1, -0.05) is 97.1 Å². The Morgan fingerprint density at radius 1 is 0.829 bits per heavy atom. The molecule has 0 saturated carbocycles. The van der Waals surface area contributed by atoms with Gasteiger partial charge in [0.2, 0.25) is 5.91 Å². The first-order valence-corrected chi connectivity index (χ1v) is 14.0. The van der Waals surface area contributed by atoms with E-state index in [2.05, 4.69) is 39.9 Å². The van der Waals surface area contributed by atoms with Crippen molar-refractivity contribution in [1.29, 1.82) is 0 Å². The van der Waals surface area contributed by atoms with Gasteiger partial charge in [-0.25, -0.2) is 4.79 Å². The lowest BCUT2D eigenvalue weighted by atomic mass is 9.91. The zero-order chi connectivity index (χ0) is 28.2. The van der Waals surface area contributed by atoms with Gasteiger partial charge in [0.05, 0.1) is 0 Å². The van der Waals surface area contributed by atoms with Gasteiger partial charge in [-0.05, 0) is 52.8 Å². The standard InChI is InChI=1S/C35H33N3O3/c1-35(21-25-22-37-32-18-10-9-13-26(25)32,33(39)36-20-19-24-11-3-2-4-12-24)38-34(40)41-23-31-29-16-7-5-14-27(29)28-15-6-8-17-30(28)31/h2-18,22,31,37H,19-21,23H2,1H3,(H,36,39)(H,38,40). The molecule has 0 saturated heterocycles. The first-order valence-electron chi connectivity index (χ1n) is 14.0. The highest BCUT2D eigenvalue weighted by atomic mass is 16.5. The van der Waals surface area contributed by atoms with Crippen LogP contribution in [-0.4, -0.2) is 35.7 Å². The van der Waals surface area contributed by atoms with Crippen molar-refractivity contribution >= 4 is 22.9 Å². The molecule has 206 valence electrons. The Morgan fingerprint density at radius 3 is 2.20 bits per heavy atom. The van der Waals surface area contributed by atoms with E-state index in [0.29, 0.717) is 19.4 Å². The van der Waals surface area contributed by atoms with Gasteiger partial charge in [0.15, 0.2) is 0 Å². The zero-order valence-corrected chi connectivity index (χ0v) is 23.0. The summed E-state index contributed by atoms with van der Waals surface area (Å²) >= 11 is 0. The number of aromatic nitrogens is 1. The molecule has 1 unspecified atom stereocenters. The van der Waals surface area contributed by atoms with Crippen LogP contribution < -0.4 is 10.6 Å². The predicted octanol–water partition coefficient (Wildman–Crippen LogP) is 6.37. The van der Waals surface area contributed by atoms with Gasteiger partial charge in [-0.2, -0.15) is 0 Å². The summed E-state index contributed by atoms with van der Waals surface area (Å²) in [5.41, 5.74) is 6.44. The van der Waals surface area contributed by atoms with Crippen LogP contribution in [0.3, 0.4) is 0 Å². The molecule has 1 atom stereocenters. The molecule has 5 aromatic rings. The molecule has 6 heteroatoms. The first-order chi connectivity index (χ1) is 20.0. The molecule has 0 spiro atoms. The number of rotatable bonds is 9. The second-order valence-corrected chi connectivity index (χ2v) is 10.8. The first kappa shape index (κ1) is 26.4. The molecule has 1 aliphatic carbocycles. The minimum absolute atomic E-state index is 0.0623. The van der Waals surface area contributed by atoms with Crippen molar-refractivity contribution in [1.82, 2.24) is 15.6 Å². The van der Waals surface area contributed by atoms with Crippen LogP contribution in [0.1, 0.15) is 35.1 Å². The summed E-state index contributed by atoms with van der Waals surface area (Å²) in [5, 5.41) is 6.99. The lowest BCUT2D eigenvalue weighted by Gasteiger charge is -2.29. The highest BCUT2D eigenvalue weighted by molar-refractivity contribution is 5.91. The van der Waals surface area contributed by atoms with Gasteiger partial charge in [-0.3, -0.25) is 4.79 Å². The molecule has 1 aromatic heterocycles. The summed E-state index contributed by atoms with van der Waals surface area (Å²) in [6.07, 6.45) is 2.28. The predicted molar refractivity (Wildman–Crippen MR) is 162 cm³/mol. The number of ether oxygens (including phenoxy) is 1. The Morgan fingerprint density at radius 2 is 1.46 bits per heavy atom. The van der Waals surface area contributed by atoms with Crippen molar-refractivity contribution in [3.05, 3.63) is 132 Å². The highest BCUT2D eigenvalue weighted by Crippen LogP contribution is 2.44. The van der Waals surface area contributed by atoms with E-state index in [1.54, 1.807) is 6.92 Å². The maximum Gasteiger partial charge on any atom is 0.408 e. The smallest absolute Gasteiger partial charge is 0.408 e. The number of nitrogens with one attached hydrogen (secondary N) is 3. The number of para-hydroxylation sites is 1. The maximum absolute atomic E-state index is 13.6. The van der Waals surface area contributed by atoms with Crippen LogP contribution in [0, 0.1) is 0 Å². The van der Waals surface area contributed by atoms with Gasteiger partial charge in [0.1, 0.15) is 12.1 Å². The summed E-state index contributed by atoms with van der Waals surface area (Å²) < 4.78 is 5.83. The molecule has 2 amide bonds. The number of carbonyl (C=O) groups is 2. The van der Waals surface area contributed by atoms with Crippen molar-refractivity contribution in [2.24, 2.45) is 0 Å². The molecule has 0 aliphatic heterocycles. The topological polar surface area (TPSA) is 83.2 Å². The van der Waals surface area contributed by atoms with Crippen molar-refractivity contribution in [2.75, 3.05) is 13.2 Å². The van der Waals surface area contributed by atoms with Gasteiger partial charge in [0, 0.05) is 36.0 Å². The summed E-state index contributed by atoms with van der Waals surface area (Å²) in [5.74, 6) is -0.319. The number of hydrogen-bond acceptors (Lipinski definition) is 3. The third-order valence-corrected chi connectivity index (χ3v) is 7.98. The largest absolute Gasteiger partial charge is 0.449 e. The number of hydrogen-bond donors (Lipinski definition) is 3. The van der Waals surface area contributed by atoms with Crippen LogP contribution >= 0.6 is 0 Å². The van der Waals surface area contributed by atoms with E-state index in [0.717, 1.165) is 33.2 Å². The Balaban J connectivity index is 1.18. The highest BCUT2D eigenvalue weighted by Gasteiger charge is 2.37. The Kier molecular flexibility index (Phi) is 7.30. The molecule has 41 heavy (non-hydrogen) atoms. The maximum atomic E-state index is 13.6. The van der Waals surface area contributed by atoms with Gasteiger partial charge in [-0.15, -0.1) is 0 Å². The molecule has 0 radical (unpaired) electrons. The number of alkyl carbamates (subject to hydrolysis) is 1. The van der Waals surface area contributed by atoms with Crippen molar-refractivity contribution in [3.63, 3.8) is 0 Å². The summed E-state index contributed by atoms with van der Waals surface area (Å²) in [4.78, 5) is 30.2. The van der Waals surface area contributed by atoms with Crippen molar-refractivity contribution in [3.8, 4) is 11.1 Å². The summed E-state index contributed by atoms with van der Waals surface area (Å²) in [7, 11) is 0. The molecule has 3 N–H and O–H groups in total. The van der Waals surface area contributed by atoms with E-state index in [9.17, 15) is 9.59 Å². The third-order valence-electron chi connectivity index (χ3n) is 7.98. The number of amides is 2. The molecule has 6 rings (SSSR count). The average molecular weight is 544 g/mol. The third kappa shape index (κ3) is 5.46. The van der Waals surface area contributed by atoms with Gasteiger partial charge < -0.3 is 20.4 Å². The molecular weight excluding hydrogens is 510 g/mol. The second-order valence-electron chi connectivity index (χ2n) is 10.8. The van der Waals surface area contributed by atoms with Crippen LogP contribution in [0.25, 0.3) is 22.0 Å². The Hall–Kier alpha value is -4.84. The molecule has 0 bridgehead atoms. The van der Waals surface area contributed by atoms with E-state index in [1.807, 2.05) is 85.1 Å². The minimum Gasteiger partial charge on any atom is -0.449 e. The van der Waals surface area contributed by atoms with E-state index in [4.69, 9.17) is 4.74 Å². The van der Waals surface area contributed by atoms with E-state index in [-0.39, 0.29) is 18.4 Å². The summed E-state index contributed by atoms with van der Waals surface area (Å²) in [6, 6.07) is 34.4. The van der Waals surface area contributed by atoms with E-state index in [1.165, 1.54) is 11.1 Å². The molecule has 1 heterocycles. The monoisotopic (exact) mass is 543 g/mol. The lowest BCUT2D eigenvalue weighted by Crippen LogP contribution is -2.58. The lowest BCUT2D eigenvalue weighted by molar-refractivity contribution is -0.126.